The molecular formula is C27H31ClN4O6. The number of piperidine rings is 1. The Bertz CT molecular complexity index is 1190. The van der Waals surface area contributed by atoms with Crippen molar-refractivity contribution in [3.63, 3.8) is 0 Å². The van der Waals surface area contributed by atoms with Gasteiger partial charge in [-0.1, -0.05) is 41.9 Å². The van der Waals surface area contributed by atoms with Gasteiger partial charge in [-0.25, -0.2) is 4.79 Å². The molecule has 202 valence electrons. The van der Waals surface area contributed by atoms with Crippen molar-refractivity contribution in [3.8, 4) is 5.75 Å². The van der Waals surface area contributed by atoms with Crippen LogP contribution in [0.25, 0.3) is 0 Å². The van der Waals surface area contributed by atoms with Crippen LogP contribution in [0.5, 0.6) is 5.75 Å². The van der Waals surface area contributed by atoms with Crippen LogP contribution in [0.2, 0.25) is 5.02 Å². The number of carbonyl (C=O) groups is 4. The summed E-state index contributed by atoms with van der Waals surface area (Å²) in [6, 6.07) is 13.2. The normalized spacial score (nSPS) is 17.0. The van der Waals surface area contributed by atoms with Crippen LogP contribution in [-0.4, -0.2) is 68.1 Å². The van der Waals surface area contributed by atoms with Gasteiger partial charge in [0, 0.05) is 11.4 Å². The summed E-state index contributed by atoms with van der Waals surface area (Å²) in [5, 5.41) is 9.29. The van der Waals surface area contributed by atoms with Gasteiger partial charge in [0.1, 0.15) is 23.9 Å². The molecule has 0 saturated carbocycles. The lowest BCUT2D eigenvalue weighted by molar-refractivity contribution is -0.148. The first-order chi connectivity index (χ1) is 18.3. The number of anilines is 1. The number of hydrogen-bond acceptors (Lipinski definition) is 7. The molecule has 0 aromatic heterocycles. The van der Waals surface area contributed by atoms with Crippen LogP contribution in [0.3, 0.4) is 0 Å². The second kappa shape index (κ2) is 12.3. The maximum atomic E-state index is 13.7. The van der Waals surface area contributed by atoms with Gasteiger partial charge in [0.15, 0.2) is 6.61 Å². The predicted octanol–water partition coefficient (Wildman–Crippen LogP) is 1.59. The standard InChI is InChI=1S/C27H31ClN4O6/c1-2-37-25(35)20(14-18-6-4-3-5-7-18)30-26(36)27(10-12-29-13-11-27)31-23(33)16-32-21-15-19(28)8-9-22(21)38-17-24(32)34/h3-9,15,20,29H,2,10-14,16-17H2,1H3,(H,30,36)(H,31,33). The number of nitrogens with one attached hydrogen (secondary N) is 3. The Labute approximate surface area is 226 Å². The molecule has 3 N–H and O–H groups in total. The van der Waals surface area contributed by atoms with Crippen molar-refractivity contribution < 1.29 is 28.7 Å². The van der Waals surface area contributed by atoms with Gasteiger partial charge in [-0.3, -0.25) is 19.3 Å². The second-order valence-electron chi connectivity index (χ2n) is 9.23. The molecule has 11 heteroatoms. The van der Waals surface area contributed by atoms with Crippen LogP contribution < -0.4 is 25.6 Å². The molecule has 38 heavy (non-hydrogen) atoms. The summed E-state index contributed by atoms with van der Waals surface area (Å²) in [4.78, 5) is 53.6. The largest absolute Gasteiger partial charge is 0.482 e. The molecule has 1 fully saturated rings. The van der Waals surface area contributed by atoms with Crippen molar-refractivity contribution in [1.82, 2.24) is 16.0 Å². The Morgan fingerprint density at radius 2 is 1.89 bits per heavy atom. The van der Waals surface area contributed by atoms with Crippen LogP contribution in [0.15, 0.2) is 48.5 Å². The minimum absolute atomic E-state index is 0.171. The third-order valence-electron chi connectivity index (χ3n) is 6.60. The fraction of sp³-hybridized carbons (Fsp3) is 0.407. The Kier molecular flexibility index (Phi) is 8.85. The minimum atomic E-state index is -1.27. The zero-order valence-electron chi connectivity index (χ0n) is 21.1. The van der Waals surface area contributed by atoms with Crippen LogP contribution in [-0.2, 0) is 30.3 Å². The fourth-order valence-electron chi connectivity index (χ4n) is 4.64. The average Bonchev–Trinajstić information content (AvgIpc) is 2.91. The molecule has 1 saturated heterocycles. The number of rotatable bonds is 9. The van der Waals surface area contributed by atoms with Crippen LogP contribution in [0.4, 0.5) is 5.69 Å². The van der Waals surface area contributed by atoms with Gasteiger partial charge >= 0.3 is 5.97 Å². The maximum absolute atomic E-state index is 13.7. The highest BCUT2D eigenvalue weighted by Gasteiger charge is 2.43. The van der Waals surface area contributed by atoms with Crippen molar-refractivity contribution in [2.24, 2.45) is 0 Å². The SMILES string of the molecule is CCOC(=O)C(Cc1ccccc1)NC(=O)C1(NC(=O)CN2C(=O)COc3ccc(Cl)cc32)CCNCC1. The molecule has 10 nitrogen and oxygen atoms in total. The van der Waals surface area contributed by atoms with E-state index >= 15 is 0 Å². The first-order valence-electron chi connectivity index (χ1n) is 12.6. The number of benzene rings is 2. The lowest BCUT2D eigenvalue weighted by atomic mass is 9.86. The first-order valence-corrected chi connectivity index (χ1v) is 12.9. The van der Waals surface area contributed by atoms with Crippen molar-refractivity contribution in [2.75, 3.05) is 37.7 Å². The van der Waals surface area contributed by atoms with E-state index in [1.807, 2.05) is 30.3 Å². The summed E-state index contributed by atoms with van der Waals surface area (Å²) in [6.07, 6.45) is 0.864. The van der Waals surface area contributed by atoms with E-state index in [2.05, 4.69) is 16.0 Å². The Morgan fingerprint density at radius 1 is 1.16 bits per heavy atom. The molecule has 2 aromatic carbocycles. The zero-order chi connectivity index (χ0) is 27.1. The number of ether oxygens (including phenoxy) is 2. The fourth-order valence-corrected chi connectivity index (χ4v) is 4.81. The molecule has 2 aliphatic rings. The average molecular weight is 543 g/mol. The van der Waals surface area contributed by atoms with E-state index in [4.69, 9.17) is 21.1 Å². The van der Waals surface area contributed by atoms with Gasteiger partial charge in [0.2, 0.25) is 11.8 Å². The second-order valence-corrected chi connectivity index (χ2v) is 9.67. The monoisotopic (exact) mass is 542 g/mol. The maximum Gasteiger partial charge on any atom is 0.328 e. The van der Waals surface area contributed by atoms with E-state index in [1.165, 1.54) is 4.90 Å². The number of fused-ring (bicyclic) bond motifs is 1. The number of carbonyl (C=O) groups excluding carboxylic acids is 4. The van der Waals surface area contributed by atoms with E-state index in [-0.39, 0.29) is 26.2 Å². The number of hydrogen-bond donors (Lipinski definition) is 3. The number of amides is 3. The molecule has 0 aliphatic carbocycles. The lowest BCUT2D eigenvalue weighted by Gasteiger charge is -2.38. The quantitative estimate of drug-likeness (QED) is 0.411. The molecule has 2 aliphatic heterocycles. The Balaban J connectivity index is 1.51. The molecule has 0 radical (unpaired) electrons. The highest BCUT2D eigenvalue weighted by atomic mass is 35.5. The van der Waals surface area contributed by atoms with E-state index in [1.54, 1.807) is 25.1 Å². The van der Waals surface area contributed by atoms with Gasteiger partial charge in [0.05, 0.1) is 12.3 Å². The number of nitrogens with zero attached hydrogens (tertiary/aromatic N) is 1. The van der Waals surface area contributed by atoms with Gasteiger partial charge in [-0.05, 0) is 56.6 Å². The van der Waals surface area contributed by atoms with Gasteiger partial charge in [-0.2, -0.15) is 0 Å². The molecule has 2 heterocycles. The summed E-state index contributed by atoms with van der Waals surface area (Å²) in [5.74, 6) is -1.50. The molecule has 0 spiro atoms. The Morgan fingerprint density at radius 3 is 2.61 bits per heavy atom. The highest BCUT2D eigenvalue weighted by molar-refractivity contribution is 6.31. The molecule has 4 rings (SSSR count). The third kappa shape index (κ3) is 6.43. The topological polar surface area (TPSA) is 126 Å². The number of halogens is 1. The van der Waals surface area contributed by atoms with Crippen LogP contribution in [0, 0.1) is 0 Å². The molecule has 1 unspecified atom stereocenters. The third-order valence-corrected chi connectivity index (χ3v) is 6.83. The van der Waals surface area contributed by atoms with Gasteiger partial charge < -0.3 is 25.4 Å². The van der Waals surface area contributed by atoms with Crippen molar-refractivity contribution >= 4 is 41.0 Å². The van der Waals surface area contributed by atoms with Gasteiger partial charge in [0.25, 0.3) is 5.91 Å². The van der Waals surface area contributed by atoms with Crippen molar-refractivity contribution in [1.29, 1.82) is 0 Å². The van der Waals surface area contributed by atoms with Crippen molar-refractivity contribution in [3.05, 3.63) is 59.1 Å². The summed E-state index contributed by atoms with van der Waals surface area (Å²) < 4.78 is 10.7. The molecule has 2 aromatic rings. The molecule has 1 atom stereocenters. The van der Waals surface area contributed by atoms with Crippen LogP contribution >= 0.6 is 11.6 Å². The van der Waals surface area contributed by atoms with E-state index in [0.717, 1.165) is 5.56 Å². The molecule has 0 bridgehead atoms. The van der Waals surface area contributed by atoms with E-state index in [9.17, 15) is 19.2 Å². The lowest BCUT2D eigenvalue weighted by Crippen LogP contribution is -2.65. The van der Waals surface area contributed by atoms with Crippen LogP contribution in [0.1, 0.15) is 25.3 Å². The summed E-state index contributed by atoms with van der Waals surface area (Å²) in [5.41, 5.74) is -0.0219. The van der Waals surface area contributed by atoms with Gasteiger partial charge in [-0.15, -0.1) is 0 Å². The smallest absolute Gasteiger partial charge is 0.328 e. The summed E-state index contributed by atoms with van der Waals surface area (Å²) in [7, 11) is 0. The number of esters is 1. The summed E-state index contributed by atoms with van der Waals surface area (Å²) >= 11 is 6.11. The molecular weight excluding hydrogens is 512 g/mol. The highest BCUT2D eigenvalue weighted by Crippen LogP contribution is 2.34. The van der Waals surface area contributed by atoms with E-state index in [0.29, 0.717) is 42.4 Å². The zero-order valence-corrected chi connectivity index (χ0v) is 21.9. The first kappa shape index (κ1) is 27.4. The van der Waals surface area contributed by atoms with E-state index < -0.39 is 35.3 Å². The molecule has 3 amide bonds. The Hall–Kier alpha value is -3.63. The van der Waals surface area contributed by atoms with Crippen molar-refractivity contribution in [2.45, 2.75) is 37.8 Å². The predicted molar refractivity (Wildman–Crippen MR) is 141 cm³/mol. The minimum Gasteiger partial charge on any atom is -0.482 e. The summed E-state index contributed by atoms with van der Waals surface area (Å²) in [6.45, 7) is 2.33.